The van der Waals surface area contributed by atoms with Gasteiger partial charge in [0.15, 0.2) is 0 Å². The summed E-state index contributed by atoms with van der Waals surface area (Å²) in [6.07, 6.45) is 4.84. The minimum Gasteiger partial charge on any atom is -0.313 e. The lowest BCUT2D eigenvalue weighted by Crippen LogP contribution is -2.14. The van der Waals surface area contributed by atoms with Crippen molar-refractivity contribution >= 4 is 0 Å². The van der Waals surface area contributed by atoms with Crippen LogP contribution in [0.15, 0.2) is 48.5 Å². The van der Waals surface area contributed by atoms with Crippen LogP contribution < -0.4 is 5.32 Å². The summed E-state index contributed by atoms with van der Waals surface area (Å²) in [6, 6.07) is 18.4. The third kappa shape index (κ3) is 4.18. The zero-order valence-electron chi connectivity index (χ0n) is 13.5. The summed E-state index contributed by atoms with van der Waals surface area (Å²) < 4.78 is 0. The van der Waals surface area contributed by atoms with Crippen LogP contribution in [0.1, 0.15) is 50.3 Å². The first-order valence-corrected chi connectivity index (χ1v) is 8.15. The van der Waals surface area contributed by atoms with E-state index in [0.29, 0.717) is 6.04 Å². The Morgan fingerprint density at radius 2 is 1.43 bits per heavy atom. The fraction of sp³-hybridized carbons (Fsp3) is 0.400. The molecular formula is C20H27N. The maximum absolute atomic E-state index is 3.35. The van der Waals surface area contributed by atoms with Crippen molar-refractivity contribution < 1.29 is 0 Å². The predicted molar refractivity (Wildman–Crippen MR) is 92.6 cm³/mol. The highest BCUT2D eigenvalue weighted by atomic mass is 14.9. The first-order chi connectivity index (χ1) is 10.3. The molecule has 0 aliphatic rings. The zero-order valence-corrected chi connectivity index (χ0v) is 13.5. The highest BCUT2D eigenvalue weighted by Crippen LogP contribution is 2.23. The van der Waals surface area contributed by atoms with Gasteiger partial charge in [-0.1, -0.05) is 68.8 Å². The van der Waals surface area contributed by atoms with Crippen molar-refractivity contribution in [3.05, 3.63) is 59.7 Å². The second-order valence-corrected chi connectivity index (χ2v) is 5.67. The van der Waals surface area contributed by atoms with Crippen molar-refractivity contribution in [2.75, 3.05) is 7.05 Å². The molecule has 0 bridgehead atoms. The molecule has 21 heavy (non-hydrogen) atoms. The third-order valence-corrected chi connectivity index (χ3v) is 4.18. The van der Waals surface area contributed by atoms with E-state index in [1.807, 2.05) is 7.05 Å². The van der Waals surface area contributed by atoms with Gasteiger partial charge in [0.2, 0.25) is 0 Å². The third-order valence-electron chi connectivity index (χ3n) is 4.18. The summed E-state index contributed by atoms with van der Waals surface area (Å²) in [7, 11) is 2.02. The Hall–Kier alpha value is -1.60. The molecule has 0 aliphatic heterocycles. The molecule has 1 unspecified atom stereocenters. The van der Waals surface area contributed by atoms with Crippen molar-refractivity contribution in [3.8, 4) is 11.1 Å². The highest BCUT2D eigenvalue weighted by molar-refractivity contribution is 5.64. The van der Waals surface area contributed by atoms with Crippen LogP contribution in [0.2, 0.25) is 0 Å². The Labute approximate surface area is 129 Å². The number of rotatable bonds is 7. The molecule has 1 nitrogen and oxygen atoms in total. The zero-order chi connectivity index (χ0) is 15.1. The first-order valence-electron chi connectivity index (χ1n) is 8.15. The number of hydrogen-bond donors (Lipinski definition) is 1. The maximum atomic E-state index is 3.35. The van der Waals surface area contributed by atoms with Crippen molar-refractivity contribution in [3.63, 3.8) is 0 Å². The lowest BCUT2D eigenvalue weighted by atomic mass is 9.98. The van der Waals surface area contributed by atoms with Gasteiger partial charge in [-0.15, -0.1) is 0 Å². The van der Waals surface area contributed by atoms with E-state index in [0.717, 1.165) is 6.42 Å². The molecule has 0 saturated heterocycles. The lowest BCUT2D eigenvalue weighted by molar-refractivity contribution is 0.577. The number of hydrogen-bond acceptors (Lipinski definition) is 1. The molecule has 0 aliphatic carbocycles. The summed E-state index contributed by atoms with van der Waals surface area (Å²) in [5.41, 5.74) is 5.41. The van der Waals surface area contributed by atoms with Gasteiger partial charge in [0, 0.05) is 6.04 Å². The summed E-state index contributed by atoms with van der Waals surface area (Å²) in [5.74, 6) is 0. The number of unbranched alkanes of at least 4 members (excludes halogenated alkanes) is 1. The standard InChI is InChI=1S/C20H27N/c1-4-6-7-16-8-10-17(11-9-16)18-12-14-19(15-13-18)20(5-2)21-3/h8-15,20-21H,4-7H2,1-3H3. The van der Waals surface area contributed by atoms with Crippen LogP contribution in [-0.2, 0) is 6.42 Å². The molecule has 0 spiro atoms. The summed E-state index contributed by atoms with van der Waals surface area (Å²) in [4.78, 5) is 0. The Bertz CT molecular complexity index is 521. The fourth-order valence-electron chi connectivity index (χ4n) is 2.76. The molecule has 0 fully saturated rings. The second kappa shape index (κ2) is 7.99. The van der Waals surface area contributed by atoms with Gasteiger partial charge in [0.1, 0.15) is 0 Å². The maximum Gasteiger partial charge on any atom is 0.0314 e. The van der Waals surface area contributed by atoms with Crippen LogP contribution in [0.25, 0.3) is 11.1 Å². The molecular weight excluding hydrogens is 254 g/mol. The van der Waals surface area contributed by atoms with Gasteiger partial charge in [-0.25, -0.2) is 0 Å². The van der Waals surface area contributed by atoms with Gasteiger partial charge in [-0.2, -0.15) is 0 Å². The van der Waals surface area contributed by atoms with E-state index in [4.69, 9.17) is 0 Å². The number of aryl methyl sites for hydroxylation is 1. The van der Waals surface area contributed by atoms with Gasteiger partial charge >= 0.3 is 0 Å². The SMILES string of the molecule is CCCCc1ccc(-c2ccc(C(CC)NC)cc2)cc1. The Kier molecular flexibility index (Phi) is 6.01. The van der Waals surface area contributed by atoms with Gasteiger partial charge in [-0.3, -0.25) is 0 Å². The topological polar surface area (TPSA) is 12.0 Å². The summed E-state index contributed by atoms with van der Waals surface area (Å²) in [6.45, 7) is 4.45. The Balaban J connectivity index is 2.11. The van der Waals surface area contributed by atoms with E-state index < -0.39 is 0 Å². The predicted octanol–water partition coefficient (Wildman–Crippen LogP) is 5.37. The molecule has 2 rings (SSSR count). The molecule has 2 aromatic carbocycles. The van der Waals surface area contributed by atoms with Gasteiger partial charge in [0.25, 0.3) is 0 Å². The average Bonchev–Trinajstić information content (AvgIpc) is 2.55. The monoisotopic (exact) mass is 281 g/mol. The lowest BCUT2D eigenvalue weighted by Gasteiger charge is -2.14. The van der Waals surface area contributed by atoms with E-state index >= 15 is 0 Å². The van der Waals surface area contributed by atoms with Gasteiger partial charge < -0.3 is 5.32 Å². The van der Waals surface area contributed by atoms with Crippen LogP contribution in [-0.4, -0.2) is 7.05 Å². The second-order valence-electron chi connectivity index (χ2n) is 5.67. The van der Waals surface area contributed by atoms with Crippen LogP contribution >= 0.6 is 0 Å². The molecule has 1 atom stereocenters. The van der Waals surface area contributed by atoms with E-state index in [9.17, 15) is 0 Å². The van der Waals surface area contributed by atoms with E-state index in [2.05, 4.69) is 67.7 Å². The van der Waals surface area contributed by atoms with Crippen molar-refractivity contribution in [1.29, 1.82) is 0 Å². The van der Waals surface area contributed by atoms with Gasteiger partial charge in [0.05, 0.1) is 0 Å². The number of benzene rings is 2. The van der Waals surface area contributed by atoms with Gasteiger partial charge in [-0.05, 0) is 48.6 Å². The summed E-state index contributed by atoms with van der Waals surface area (Å²) >= 11 is 0. The van der Waals surface area contributed by atoms with Crippen LogP contribution in [0.3, 0.4) is 0 Å². The quantitative estimate of drug-likeness (QED) is 0.719. The molecule has 1 heteroatoms. The molecule has 0 saturated carbocycles. The summed E-state index contributed by atoms with van der Waals surface area (Å²) in [5, 5.41) is 3.35. The van der Waals surface area contributed by atoms with E-state index in [1.165, 1.54) is 41.5 Å². The van der Waals surface area contributed by atoms with E-state index in [-0.39, 0.29) is 0 Å². The van der Waals surface area contributed by atoms with Crippen LogP contribution in [0.5, 0.6) is 0 Å². The van der Waals surface area contributed by atoms with Crippen LogP contribution in [0, 0.1) is 0 Å². The molecule has 0 amide bonds. The normalized spacial score (nSPS) is 12.3. The molecule has 112 valence electrons. The largest absolute Gasteiger partial charge is 0.313 e. The van der Waals surface area contributed by atoms with Crippen LogP contribution in [0.4, 0.5) is 0 Å². The minimum absolute atomic E-state index is 0.454. The molecule has 0 aromatic heterocycles. The minimum atomic E-state index is 0.454. The highest BCUT2D eigenvalue weighted by Gasteiger charge is 2.06. The first kappa shape index (κ1) is 15.8. The Morgan fingerprint density at radius 3 is 1.90 bits per heavy atom. The smallest absolute Gasteiger partial charge is 0.0314 e. The molecule has 1 N–H and O–H groups in total. The number of nitrogens with one attached hydrogen (secondary N) is 1. The average molecular weight is 281 g/mol. The molecule has 0 heterocycles. The fourth-order valence-corrected chi connectivity index (χ4v) is 2.76. The molecule has 0 radical (unpaired) electrons. The van der Waals surface area contributed by atoms with Crippen molar-refractivity contribution in [1.82, 2.24) is 5.32 Å². The Morgan fingerprint density at radius 1 is 0.857 bits per heavy atom. The van der Waals surface area contributed by atoms with Crippen molar-refractivity contribution in [2.24, 2.45) is 0 Å². The van der Waals surface area contributed by atoms with Crippen molar-refractivity contribution in [2.45, 2.75) is 45.6 Å². The van der Waals surface area contributed by atoms with E-state index in [1.54, 1.807) is 0 Å². The molecule has 2 aromatic rings.